The monoisotopic (exact) mass is 247 g/mol. The molecule has 5 heteroatoms. The summed E-state index contributed by atoms with van der Waals surface area (Å²) in [5.41, 5.74) is 1.16. The lowest BCUT2D eigenvalue weighted by Crippen LogP contribution is -2.25. The number of imidazole rings is 1. The van der Waals surface area contributed by atoms with Gasteiger partial charge in [0.05, 0.1) is 12.2 Å². The van der Waals surface area contributed by atoms with E-state index in [4.69, 9.17) is 0 Å². The molecule has 2 aromatic heterocycles. The van der Waals surface area contributed by atoms with Crippen LogP contribution in [0, 0.1) is 0 Å². The molecule has 0 amide bonds. The molecule has 0 aliphatic carbocycles. The number of aryl methyl sites for hydroxylation is 2. The first-order valence-corrected chi connectivity index (χ1v) is 6.49. The largest absolute Gasteiger partial charge is 0.333 e. The summed E-state index contributed by atoms with van der Waals surface area (Å²) >= 11 is 0. The molecule has 2 heterocycles. The summed E-state index contributed by atoms with van der Waals surface area (Å²) in [6.45, 7) is 6.18. The Morgan fingerprint density at radius 1 is 1.39 bits per heavy atom. The molecular weight excluding hydrogens is 226 g/mol. The van der Waals surface area contributed by atoms with E-state index in [2.05, 4.69) is 33.8 Å². The summed E-state index contributed by atoms with van der Waals surface area (Å²) in [6, 6.07) is 0.116. The fourth-order valence-electron chi connectivity index (χ4n) is 2.16. The van der Waals surface area contributed by atoms with Gasteiger partial charge in [0.25, 0.3) is 0 Å². The van der Waals surface area contributed by atoms with E-state index in [1.807, 2.05) is 36.5 Å². The third-order valence-corrected chi connectivity index (χ3v) is 2.94. The van der Waals surface area contributed by atoms with Gasteiger partial charge in [0.2, 0.25) is 0 Å². The van der Waals surface area contributed by atoms with Gasteiger partial charge in [0.15, 0.2) is 0 Å². The van der Waals surface area contributed by atoms with Crippen molar-refractivity contribution in [1.82, 2.24) is 24.6 Å². The Kier molecular flexibility index (Phi) is 4.15. The highest BCUT2D eigenvalue weighted by Crippen LogP contribution is 2.20. The Hall–Kier alpha value is -1.62. The smallest absolute Gasteiger partial charge is 0.130 e. The van der Waals surface area contributed by atoms with Crippen molar-refractivity contribution in [2.75, 3.05) is 6.54 Å². The molecule has 0 fully saturated rings. The van der Waals surface area contributed by atoms with Crippen LogP contribution in [0.15, 0.2) is 24.8 Å². The highest BCUT2D eigenvalue weighted by Gasteiger charge is 2.19. The second-order valence-corrected chi connectivity index (χ2v) is 4.42. The topological polar surface area (TPSA) is 47.7 Å². The van der Waals surface area contributed by atoms with Crippen molar-refractivity contribution in [1.29, 1.82) is 0 Å². The molecule has 98 valence electrons. The third-order valence-electron chi connectivity index (χ3n) is 2.94. The van der Waals surface area contributed by atoms with Gasteiger partial charge in [-0.05, 0) is 13.0 Å². The number of rotatable bonds is 6. The van der Waals surface area contributed by atoms with Crippen LogP contribution >= 0.6 is 0 Å². The van der Waals surface area contributed by atoms with Crippen LogP contribution in [-0.2, 0) is 13.6 Å². The first-order chi connectivity index (χ1) is 8.76. The lowest BCUT2D eigenvalue weighted by atomic mass is 10.1. The average Bonchev–Trinajstić information content (AvgIpc) is 2.96. The Morgan fingerprint density at radius 2 is 2.22 bits per heavy atom. The number of nitrogens with zero attached hydrogens (tertiary/aromatic N) is 4. The first kappa shape index (κ1) is 12.8. The van der Waals surface area contributed by atoms with Gasteiger partial charge in [-0.25, -0.2) is 4.98 Å². The summed E-state index contributed by atoms with van der Waals surface area (Å²) in [6.07, 6.45) is 8.96. The van der Waals surface area contributed by atoms with Gasteiger partial charge in [-0.15, -0.1) is 0 Å². The maximum Gasteiger partial charge on any atom is 0.130 e. The number of aromatic nitrogens is 4. The van der Waals surface area contributed by atoms with Gasteiger partial charge < -0.3 is 9.88 Å². The minimum Gasteiger partial charge on any atom is -0.333 e. The number of hydrogen-bond acceptors (Lipinski definition) is 3. The molecule has 0 aliphatic heterocycles. The maximum atomic E-state index is 4.50. The van der Waals surface area contributed by atoms with E-state index < -0.39 is 0 Å². The molecular formula is C13H21N5. The normalized spacial score (nSPS) is 12.8. The van der Waals surface area contributed by atoms with Crippen LogP contribution in [0.3, 0.4) is 0 Å². The molecule has 0 aliphatic rings. The summed E-state index contributed by atoms with van der Waals surface area (Å²) < 4.78 is 4.03. The van der Waals surface area contributed by atoms with Crippen LogP contribution in [0.1, 0.15) is 37.7 Å². The van der Waals surface area contributed by atoms with Gasteiger partial charge >= 0.3 is 0 Å². The Balaban J connectivity index is 2.31. The van der Waals surface area contributed by atoms with Crippen molar-refractivity contribution in [3.63, 3.8) is 0 Å². The average molecular weight is 247 g/mol. The lowest BCUT2D eigenvalue weighted by molar-refractivity contribution is 0.544. The van der Waals surface area contributed by atoms with Crippen LogP contribution in [-0.4, -0.2) is 25.9 Å². The SMILES string of the molecule is CCCn1ccnc1C(NCC)c1cnn(C)c1. The second-order valence-electron chi connectivity index (χ2n) is 4.42. The Labute approximate surface area is 108 Å². The van der Waals surface area contributed by atoms with Crippen molar-refractivity contribution in [3.8, 4) is 0 Å². The quantitative estimate of drug-likeness (QED) is 0.845. The van der Waals surface area contributed by atoms with Crippen LogP contribution in [0.25, 0.3) is 0 Å². The highest BCUT2D eigenvalue weighted by atomic mass is 15.2. The fraction of sp³-hybridized carbons (Fsp3) is 0.538. The molecule has 0 saturated carbocycles. The minimum absolute atomic E-state index is 0.116. The molecule has 1 atom stereocenters. The van der Waals surface area contributed by atoms with Gasteiger partial charge in [-0.2, -0.15) is 5.10 Å². The molecule has 0 bridgehead atoms. The minimum atomic E-state index is 0.116. The van der Waals surface area contributed by atoms with Crippen molar-refractivity contribution < 1.29 is 0 Å². The summed E-state index contributed by atoms with van der Waals surface area (Å²) in [5.74, 6) is 1.06. The predicted octanol–water partition coefficient (Wildman–Crippen LogP) is 1.73. The van der Waals surface area contributed by atoms with Crippen molar-refractivity contribution in [3.05, 3.63) is 36.2 Å². The van der Waals surface area contributed by atoms with Crippen molar-refractivity contribution in [2.45, 2.75) is 32.9 Å². The van der Waals surface area contributed by atoms with Crippen LogP contribution < -0.4 is 5.32 Å². The summed E-state index contributed by atoms with van der Waals surface area (Å²) in [5, 5.41) is 7.72. The Bertz CT molecular complexity index is 485. The van der Waals surface area contributed by atoms with E-state index in [1.54, 1.807) is 0 Å². The fourth-order valence-corrected chi connectivity index (χ4v) is 2.16. The maximum absolute atomic E-state index is 4.50. The molecule has 5 nitrogen and oxygen atoms in total. The summed E-state index contributed by atoms with van der Waals surface area (Å²) in [7, 11) is 1.94. The van der Waals surface area contributed by atoms with E-state index in [-0.39, 0.29) is 6.04 Å². The summed E-state index contributed by atoms with van der Waals surface area (Å²) in [4.78, 5) is 4.50. The zero-order valence-corrected chi connectivity index (χ0v) is 11.3. The van der Waals surface area contributed by atoms with Crippen LogP contribution in [0.2, 0.25) is 0 Å². The molecule has 0 saturated heterocycles. The van der Waals surface area contributed by atoms with Crippen LogP contribution in [0.5, 0.6) is 0 Å². The third kappa shape index (κ3) is 2.61. The molecule has 0 spiro atoms. The highest BCUT2D eigenvalue weighted by molar-refractivity contribution is 5.20. The van der Waals surface area contributed by atoms with Gasteiger partial charge in [-0.3, -0.25) is 4.68 Å². The lowest BCUT2D eigenvalue weighted by Gasteiger charge is -2.17. The molecule has 2 rings (SSSR count). The van der Waals surface area contributed by atoms with E-state index in [0.717, 1.165) is 30.9 Å². The zero-order chi connectivity index (χ0) is 13.0. The van der Waals surface area contributed by atoms with Gasteiger partial charge in [0.1, 0.15) is 5.82 Å². The molecule has 18 heavy (non-hydrogen) atoms. The molecule has 1 unspecified atom stereocenters. The van der Waals surface area contributed by atoms with Crippen LogP contribution in [0.4, 0.5) is 0 Å². The van der Waals surface area contributed by atoms with Crippen molar-refractivity contribution in [2.24, 2.45) is 7.05 Å². The molecule has 0 radical (unpaired) electrons. The molecule has 1 N–H and O–H groups in total. The molecule has 0 aromatic carbocycles. The van der Waals surface area contributed by atoms with E-state index >= 15 is 0 Å². The number of nitrogens with one attached hydrogen (secondary N) is 1. The Morgan fingerprint density at radius 3 is 2.83 bits per heavy atom. The van der Waals surface area contributed by atoms with E-state index in [9.17, 15) is 0 Å². The van der Waals surface area contributed by atoms with Gasteiger partial charge in [-0.1, -0.05) is 13.8 Å². The van der Waals surface area contributed by atoms with E-state index in [0.29, 0.717) is 0 Å². The van der Waals surface area contributed by atoms with E-state index in [1.165, 1.54) is 0 Å². The first-order valence-electron chi connectivity index (χ1n) is 6.49. The van der Waals surface area contributed by atoms with Crippen molar-refractivity contribution >= 4 is 0 Å². The molecule has 2 aromatic rings. The zero-order valence-electron chi connectivity index (χ0n) is 11.3. The standard InChI is InChI=1S/C13H21N5/c1-4-7-18-8-6-15-13(18)12(14-5-2)11-9-16-17(3)10-11/h6,8-10,12,14H,4-5,7H2,1-3H3. The second kappa shape index (κ2) is 5.82. The van der Waals surface area contributed by atoms with Gasteiger partial charge in [0, 0.05) is 37.7 Å². The number of hydrogen-bond donors (Lipinski definition) is 1. The predicted molar refractivity (Wildman–Crippen MR) is 71.2 cm³/mol.